The second kappa shape index (κ2) is 5.40. The minimum atomic E-state index is 0.00282. The van der Waals surface area contributed by atoms with Gasteiger partial charge in [-0.15, -0.1) is 0 Å². The van der Waals surface area contributed by atoms with Gasteiger partial charge in [-0.3, -0.25) is 4.79 Å². The van der Waals surface area contributed by atoms with E-state index in [2.05, 4.69) is 15.1 Å². The van der Waals surface area contributed by atoms with Crippen LogP contribution in [0.15, 0.2) is 12.4 Å². The summed E-state index contributed by atoms with van der Waals surface area (Å²) in [6.07, 6.45) is 1.41. The van der Waals surface area contributed by atoms with Crippen LogP contribution >= 0.6 is 11.6 Å². The second-order valence-electron chi connectivity index (χ2n) is 4.21. The van der Waals surface area contributed by atoms with Gasteiger partial charge in [0.05, 0.1) is 6.54 Å². The molecule has 0 N–H and O–H groups in total. The molecule has 2 heterocycles. The number of carbonyl (C=O) groups is 1. The molecule has 0 aromatic carbocycles. The molecular weight excluding hydrogens is 268 g/mol. The van der Waals surface area contributed by atoms with Gasteiger partial charge in [-0.25, -0.2) is 0 Å². The van der Waals surface area contributed by atoms with Gasteiger partial charge in [0.15, 0.2) is 0 Å². The summed E-state index contributed by atoms with van der Waals surface area (Å²) >= 11 is 5.97. The normalized spacial score (nSPS) is 10.7. The van der Waals surface area contributed by atoms with Gasteiger partial charge < -0.3 is 9.80 Å². The highest BCUT2D eigenvalue weighted by Crippen LogP contribution is 2.18. The summed E-state index contributed by atoms with van der Waals surface area (Å²) < 4.78 is 1.57. The van der Waals surface area contributed by atoms with Crippen molar-refractivity contribution in [1.29, 1.82) is 0 Å². The molecule has 19 heavy (non-hydrogen) atoms. The van der Waals surface area contributed by atoms with Gasteiger partial charge in [0.2, 0.25) is 5.91 Å². The van der Waals surface area contributed by atoms with Crippen molar-refractivity contribution in [3.63, 3.8) is 0 Å². The molecule has 2 aromatic heterocycles. The number of likely N-dealkylation sites (N-methyl/N-ethyl adjacent to an activating group) is 2. The molecule has 0 saturated heterocycles. The molecule has 2 aromatic rings. The standard InChI is InChI=1S/C11H15ClN6O/c1-4-17(6-10(19)16(2)3)9-5-8(12)15-11-13-7-14-18(9)11/h5,7H,4,6H2,1-3H3. The first-order valence-corrected chi connectivity index (χ1v) is 6.22. The van der Waals surface area contributed by atoms with Crippen LogP contribution in [0.5, 0.6) is 0 Å². The predicted molar refractivity (Wildman–Crippen MR) is 72.4 cm³/mol. The van der Waals surface area contributed by atoms with E-state index in [0.717, 1.165) is 0 Å². The molecule has 102 valence electrons. The van der Waals surface area contributed by atoms with Crippen LogP contribution in [0.3, 0.4) is 0 Å². The van der Waals surface area contributed by atoms with E-state index in [1.165, 1.54) is 6.33 Å². The van der Waals surface area contributed by atoms with Gasteiger partial charge in [0, 0.05) is 26.7 Å². The maximum Gasteiger partial charge on any atom is 0.255 e. The highest BCUT2D eigenvalue weighted by molar-refractivity contribution is 6.29. The molecule has 1 amide bonds. The number of amides is 1. The summed E-state index contributed by atoms with van der Waals surface area (Å²) in [6.45, 7) is 2.85. The SMILES string of the molecule is CCN(CC(=O)N(C)C)c1cc(Cl)nc2ncnn12. The maximum absolute atomic E-state index is 11.8. The first kappa shape index (κ1) is 13.5. The van der Waals surface area contributed by atoms with Crippen molar-refractivity contribution < 1.29 is 4.79 Å². The Balaban J connectivity index is 2.40. The Labute approximate surface area is 115 Å². The fraction of sp³-hybridized carbons (Fsp3) is 0.455. The van der Waals surface area contributed by atoms with Gasteiger partial charge in [-0.05, 0) is 6.92 Å². The average molecular weight is 283 g/mol. The molecule has 0 spiro atoms. The highest BCUT2D eigenvalue weighted by atomic mass is 35.5. The van der Waals surface area contributed by atoms with Crippen molar-refractivity contribution in [3.05, 3.63) is 17.5 Å². The number of fused-ring (bicyclic) bond motifs is 1. The first-order valence-electron chi connectivity index (χ1n) is 5.84. The number of hydrogen-bond acceptors (Lipinski definition) is 5. The lowest BCUT2D eigenvalue weighted by Crippen LogP contribution is -2.37. The Morgan fingerprint density at radius 1 is 1.47 bits per heavy atom. The number of anilines is 1. The number of nitrogens with zero attached hydrogens (tertiary/aromatic N) is 6. The van der Waals surface area contributed by atoms with E-state index in [9.17, 15) is 4.79 Å². The fourth-order valence-corrected chi connectivity index (χ4v) is 1.83. The van der Waals surface area contributed by atoms with Crippen LogP contribution in [0, 0.1) is 0 Å². The zero-order valence-corrected chi connectivity index (χ0v) is 11.8. The summed E-state index contributed by atoms with van der Waals surface area (Å²) in [5.41, 5.74) is 0. The van der Waals surface area contributed by atoms with E-state index in [1.54, 1.807) is 29.6 Å². The molecule has 8 heteroatoms. The molecule has 0 saturated carbocycles. The maximum atomic E-state index is 11.8. The zero-order valence-electron chi connectivity index (χ0n) is 11.0. The van der Waals surface area contributed by atoms with Crippen LogP contribution in [-0.2, 0) is 4.79 Å². The van der Waals surface area contributed by atoms with Crippen molar-refractivity contribution in [1.82, 2.24) is 24.5 Å². The highest BCUT2D eigenvalue weighted by Gasteiger charge is 2.16. The molecule has 2 rings (SSSR count). The fourth-order valence-electron chi connectivity index (χ4n) is 1.65. The predicted octanol–water partition coefficient (Wildman–Crippen LogP) is 0.692. The lowest BCUT2D eigenvalue weighted by molar-refractivity contribution is -0.127. The van der Waals surface area contributed by atoms with Crippen molar-refractivity contribution in [2.45, 2.75) is 6.92 Å². The summed E-state index contributed by atoms with van der Waals surface area (Å²) in [4.78, 5) is 23.3. The average Bonchev–Trinajstić information content (AvgIpc) is 2.82. The third-order valence-electron chi connectivity index (χ3n) is 2.73. The molecule has 0 unspecified atom stereocenters. The molecule has 0 aliphatic rings. The van der Waals surface area contributed by atoms with Gasteiger partial charge >= 0.3 is 0 Å². The van der Waals surface area contributed by atoms with Crippen LogP contribution in [0.1, 0.15) is 6.92 Å². The summed E-state index contributed by atoms with van der Waals surface area (Å²) in [6, 6.07) is 1.68. The van der Waals surface area contributed by atoms with Gasteiger partial charge in [-0.1, -0.05) is 11.6 Å². The van der Waals surface area contributed by atoms with Crippen molar-refractivity contribution in [2.24, 2.45) is 0 Å². The van der Waals surface area contributed by atoms with E-state index in [0.29, 0.717) is 23.3 Å². The minimum absolute atomic E-state index is 0.00282. The van der Waals surface area contributed by atoms with E-state index in [4.69, 9.17) is 11.6 Å². The number of hydrogen-bond donors (Lipinski definition) is 0. The van der Waals surface area contributed by atoms with Crippen molar-refractivity contribution in [2.75, 3.05) is 32.1 Å². The topological polar surface area (TPSA) is 66.6 Å². The van der Waals surface area contributed by atoms with Crippen molar-refractivity contribution >= 4 is 29.1 Å². The monoisotopic (exact) mass is 282 g/mol. The van der Waals surface area contributed by atoms with Gasteiger partial charge in [0.1, 0.15) is 17.3 Å². The Morgan fingerprint density at radius 2 is 2.21 bits per heavy atom. The van der Waals surface area contributed by atoms with Crippen LogP contribution < -0.4 is 4.90 Å². The van der Waals surface area contributed by atoms with Gasteiger partial charge in [0.25, 0.3) is 5.78 Å². The smallest absolute Gasteiger partial charge is 0.255 e. The number of carbonyl (C=O) groups excluding carboxylic acids is 1. The molecule has 0 bridgehead atoms. The summed E-state index contributed by atoms with van der Waals surface area (Å²) in [5.74, 6) is 1.12. The van der Waals surface area contributed by atoms with Crippen molar-refractivity contribution in [3.8, 4) is 0 Å². The minimum Gasteiger partial charge on any atom is -0.347 e. The van der Waals surface area contributed by atoms with E-state index < -0.39 is 0 Å². The molecule has 0 radical (unpaired) electrons. The van der Waals surface area contributed by atoms with E-state index in [-0.39, 0.29) is 12.5 Å². The number of rotatable bonds is 4. The van der Waals surface area contributed by atoms with Crippen LogP contribution in [0.4, 0.5) is 5.82 Å². The zero-order chi connectivity index (χ0) is 14.0. The lowest BCUT2D eigenvalue weighted by atomic mass is 10.4. The molecule has 7 nitrogen and oxygen atoms in total. The Kier molecular flexibility index (Phi) is 3.84. The molecule has 0 atom stereocenters. The first-order chi connectivity index (χ1) is 9.02. The van der Waals surface area contributed by atoms with Crippen LogP contribution in [0.2, 0.25) is 5.15 Å². The quantitative estimate of drug-likeness (QED) is 0.772. The van der Waals surface area contributed by atoms with Crippen LogP contribution in [-0.4, -0.2) is 57.6 Å². The number of aromatic nitrogens is 4. The Hall–Kier alpha value is -1.89. The summed E-state index contributed by atoms with van der Waals surface area (Å²) in [7, 11) is 3.45. The lowest BCUT2D eigenvalue weighted by Gasteiger charge is -2.24. The summed E-state index contributed by atoms with van der Waals surface area (Å²) in [5, 5.41) is 4.42. The second-order valence-corrected chi connectivity index (χ2v) is 4.60. The molecule has 0 fully saturated rings. The molecule has 0 aliphatic carbocycles. The molecule has 0 aliphatic heterocycles. The molecular formula is C11H15ClN6O. The van der Waals surface area contributed by atoms with Crippen LogP contribution in [0.25, 0.3) is 5.78 Å². The largest absolute Gasteiger partial charge is 0.347 e. The third kappa shape index (κ3) is 2.76. The third-order valence-corrected chi connectivity index (χ3v) is 2.93. The number of halogens is 1. The van der Waals surface area contributed by atoms with E-state index >= 15 is 0 Å². The Bertz CT molecular complexity index is 596. The van der Waals surface area contributed by atoms with Gasteiger partial charge in [-0.2, -0.15) is 19.6 Å². The Morgan fingerprint density at radius 3 is 2.84 bits per heavy atom. The van der Waals surface area contributed by atoms with E-state index in [1.807, 2.05) is 11.8 Å².